The fourth-order valence-electron chi connectivity index (χ4n) is 3.97. The summed E-state index contributed by atoms with van der Waals surface area (Å²) in [5, 5.41) is 25.7. The van der Waals surface area contributed by atoms with E-state index in [1.807, 2.05) is 0 Å². The number of rotatable bonds is 14. The number of halogens is 3. The van der Waals surface area contributed by atoms with Crippen LogP contribution in [0.4, 0.5) is 4.39 Å². The molecule has 15 nitrogen and oxygen atoms in total. The van der Waals surface area contributed by atoms with Gasteiger partial charge in [-0.2, -0.15) is 4.39 Å². The molecule has 1 aromatic rings. The maximum atomic E-state index is 13.7. The van der Waals surface area contributed by atoms with Gasteiger partial charge in [0.15, 0.2) is 6.23 Å². The zero-order chi connectivity index (χ0) is 30.1. The second-order valence-electron chi connectivity index (χ2n) is 9.81. The minimum Gasteiger partial charge on any atom is -0.461 e. The number of hydrogen-bond donors (Lipinski definition) is 7. The first-order chi connectivity index (χ1) is 18.8. The highest BCUT2D eigenvalue weighted by Gasteiger charge is 2.45. The number of H-pyrrole nitrogens is 1. The van der Waals surface area contributed by atoms with E-state index < -0.39 is 90.0 Å². The van der Waals surface area contributed by atoms with Gasteiger partial charge in [0.05, 0.1) is 12.2 Å². The Morgan fingerprint density at radius 1 is 1.14 bits per heavy atom. The van der Waals surface area contributed by atoms with Gasteiger partial charge in [0.2, 0.25) is 17.6 Å². The van der Waals surface area contributed by atoms with Crippen LogP contribution in [0.25, 0.3) is 0 Å². The number of aromatic nitrogens is 2. The highest BCUT2D eigenvalue weighted by molar-refractivity contribution is 5.91. The molecule has 0 bridgehead atoms. The number of esters is 1. The van der Waals surface area contributed by atoms with E-state index >= 15 is 0 Å². The molecule has 2 amide bonds. The van der Waals surface area contributed by atoms with Crippen LogP contribution in [-0.4, -0.2) is 87.1 Å². The zero-order valence-electron chi connectivity index (χ0n) is 23.5. The SMILES string of the molecule is CC[C@H](C)[C@H](NC(=O)[C@H](C)NC(=O)[C@@H](N)CCCCN)C(=O)OC[C@H]1O[C@@H](n2cc(F)c(=O)[nH]c2=O)[C@H](O)[C@@H]1O.Cl.Cl. The average Bonchev–Trinajstić information content (AvgIpc) is 3.20. The summed E-state index contributed by atoms with van der Waals surface area (Å²) in [4.78, 5) is 63.0. The topological polar surface area (TPSA) is 241 Å². The van der Waals surface area contributed by atoms with Crippen molar-refractivity contribution in [2.24, 2.45) is 17.4 Å². The first-order valence-corrected chi connectivity index (χ1v) is 13.1. The molecule has 1 fully saturated rings. The summed E-state index contributed by atoms with van der Waals surface area (Å²) in [6.07, 6.45) is -3.49. The number of aliphatic hydroxyl groups is 2. The second kappa shape index (κ2) is 18.1. The number of hydrogen-bond acceptors (Lipinski definition) is 11. The van der Waals surface area contributed by atoms with Crippen molar-refractivity contribution in [3.8, 4) is 0 Å². The van der Waals surface area contributed by atoms with Crippen LogP contribution >= 0.6 is 24.8 Å². The fourth-order valence-corrected chi connectivity index (χ4v) is 3.97. The molecule has 1 aliphatic rings. The predicted octanol–water partition coefficient (Wildman–Crippen LogP) is -1.83. The third kappa shape index (κ3) is 10.3. The lowest BCUT2D eigenvalue weighted by atomic mass is 9.99. The van der Waals surface area contributed by atoms with Crippen molar-refractivity contribution in [1.82, 2.24) is 20.2 Å². The number of nitrogens with two attached hydrogens (primary N) is 2. The van der Waals surface area contributed by atoms with Crippen LogP contribution in [0.3, 0.4) is 0 Å². The maximum absolute atomic E-state index is 13.7. The summed E-state index contributed by atoms with van der Waals surface area (Å²) in [5.74, 6) is -3.76. The second-order valence-corrected chi connectivity index (χ2v) is 9.81. The Labute approximate surface area is 253 Å². The lowest BCUT2D eigenvalue weighted by molar-refractivity contribution is -0.155. The number of unbranched alkanes of at least 4 members (excludes halogenated alkanes) is 1. The van der Waals surface area contributed by atoms with Gasteiger partial charge in [0.25, 0.3) is 5.56 Å². The minimum atomic E-state index is -1.72. The Kier molecular flexibility index (Phi) is 17.0. The number of ether oxygens (including phenoxy) is 2. The maximum Gasteiger partial charge on any atom is 0.330 e. The molecule has 2 rings (SSSR count). The lowest BCUT2D eigenvalue weighted by Crippen LogP contribution is -2.55. The first-order valence-electron chi connectivity index (χ1n) is 13.1. The van der Waals surface area contributed by atoms with Crippen LogP contribution in [0.5, 0.6) is 0 Å². The molecule has 42 heavy (non-hydrogen) atoms. The fraction of sp³-hybridized carbons (Fsp3) is 0.708. The molecule has 242 valence electrons. The molecular formula is C24H41Cl2FN6O9. The van der Waals surface area contributed by atoms with E-state index in [9.17, 15) is 38.6 Å². The van der Waals surface area contributed by atoms with Gasteiger partial charge in [-0.05, 0) is 32.2 Å². The molecule has 2 heterocycles. The smallest absolute Gasteiger partial charge is 0.330 e. The third-order valence-corrected chi connectivity index (χ3v) is 6.75. The van der Waals surface area contributed by atoms with Crippen LogP contribution in [0, 0.1) is 11.7 Å². The van der Waals surface area contributed by atoms with Gasteiger partial charge in [-0.15, -0.1) is 24.8 Å². The summed E-state index contributed by atoms with van der Waals surface area (Å²) in [6, 6.07) is -2.97. The van der Waals surface area contributed by atoms with Crippen molar-refractivity contribution in [2.75, 3.05) is 13.2 Å². The van der Waals surface area contributed by atoms with Crippen molar-refractivity contribution in [2.45, 2.75) is 89.1 Å². The van der Waals surface area contributed by atoms with Crippen molar-refractivity contribution in [3.63, 3.8) is 0 Å². The van der Waals surface area contributed by atoms with E-state index in [1.54, 1.807) is 18.8 Å². The van der Waals surface area contributed by atoms with Crippen LogP contribution in [-0.2, 0) is 23.9 Å². The van der Waals surface area contributed by atoms with E-state index in [1.165, 1.54) is 6.92 Å². The molecule has 1 aliphatic heterocycles. The molecule has 0 aromatic carbocycles. The Morgan fingerprint density at radius 3 is 2.38 bits per heavy atom. The van der Waals surface area contributed by atoms with Gasteiger partial charge in [0, 0.05) is 0 Å². The van der Waals surface area contributed by atoms with E-state index in [4.69, 9.17) is 20.9 Å². The minimum absolute atomic E-state index is 0. The van der Waals surface area contributed by atoms with Gasteiger partial charge in [-0.25, -0.2) is 9.59 Å². The molecule has 0 radical (unpaired) electrons. The Hall–Kier alpha value is -2.60. The molecule has 0 aliphatic carbocycles. The predicted molar refractivity (Wildman–Crippen MR) is 153 cm³/mol. The summed E-state index contributed by atoms with van der Waals surface area (Å²) < 4.78 is 24.9. The van der Waals surface area contributed by atoms with Crippen LogP contribution < -0.4 is 33.3 Å². The monoisotopic (exact) mass is 646 g/mol. The Balaban J connectivity index is 0.00000840. The van der Waals surface area contributed by atoms with E-state index in [-0.39, 0.29) is 24.8 Å². The lowest BCUT2D eigenvalue weighted by Gasteiger charge is -2.26. The van der Waals surface area contributed by atoms with Crippen molar-refractivity contribution < 1.29 is 38.5 Å². The highest BCUT2D eigenvalue weighted by Crippen LogP contribution is 2.28. The number of aliphatic hydroxyl groups excluding tert-OH is 2. The number of amides is 2. The molecule has 0 unspecified atom stereocenters. The van der Waals surface area contributed by atoms with Crippen molar-refractivity contribution in [3.05, 3.63) is 32.9 Å². The molecule has 1 aromatic heterocycles. The van der Waals surface area contributed by atoms with Crippen LogP contribution in [0.2, 0.25) is 0 Å². The molecule has 0 spiro atoms. The Bertz CT molecular complexity index is 1160. The van der Waals surface area contributed by atoms with E-state index in [2.05, 4.69) is 10.6 Å². The number of carbonyl (C=O) groups is 3. The van der Waals surface area contributed by atoms with Gasteiger partial charge < -0.3 is 41.8 Å². The summed E-state index contributed by atoms with van der Waals surface area (Å²) in [6.45, 7) is 4.81. The largest absolute Gasteiger partial charge is 0.461 e. The standard InChI is InChI=1S/C24H39FN6O9.2ClH/c1-4-11(2)16(29-19(34)12(3)28-21(36)14(27)7-5-6-8-26)23(37)39-10-15-17(32)18(33)22(40-15)31-9-13(25)20(35)30-24(31)38;;/h9,11-12,14-18,22,32-33H,4-8,10,26-27H2,1-3H3,(H,28,36)(H,29,34)(H,30,35,38);2*1H/t11-,12-,14-,15+,16-,17+,18+,22+;;/m0../s1. The third-order valence-electron chi connectivity index (χ3n) is 6.75. The normalized spacial score (nSPS) is 22.5. The first kappa shape index (κ1) is 39.4. The van der Waals surface area contributed by atoms with Crippen molar-refractivity contribution >= 4 is 42.6 Å². The van der Waals surface area contributed by atoms with Gasteiger partial charge >= 0.3 is 11.7 Å². The van der Waals surface area contributed by atoms with Crippen molar-refractivity contribution in [1.29, 1.82) is 0 Å². The Morgan fingerprint density at radius 2 is 1.79 bits per heavy atom. The molecule has 18 heteroatoms. The molecule has 1 saturated heterocycles. The number of carbonyl (C=O) groups excluding carboxylic acids is 3. The van der Waals surface area contributed by atoms with Crippen LogP contribution in [0.1, 0.15) is 52.7 Å². The number of aromatic amines is 1. The molecule has 8 atom stereocenters. The molecule has 9 N–H and O–H groups in total. The van der Waals surface area contributed by atoms with E-state index in [0.717, 1.165) is 0 Å². The molecular weight excluding hydrogens is 606 g/mol. The summed E-state index contributed by atoms with van der Waals surface area (Å²) >= 11 is 0. The number of nitrogens with one attached hydrogen (secondary N) is 3. The number of nitrogens with zero attached hydrogens (tertiary/aromatic N) is 1. The average molecular weight is 648 g/mol. The summed E-state index contributed by atoms with van der Waals surface area (Å²) in [7, 11) is 0. The zero-order valence-corrected chi connectivity index (χ0v) is 25.1. The van der Waals surface area contributed by atoms with Crippen LogP contribution in [0.15, 0.2) is 15.8 Å². The molecule has 0 saturated carbocycles. The summed E-state index contributed by atoms with van der Waals surface area (Å²) in [5.41, 5.74) is 8.94. The van der Waals surface area contributed by atoms with Gasteiger partial charge in [-0.3, -0.25) is 23.9 Å². The highest BCUT2D eigenvalue weighted by atomic mass is 35.5. The van der Waals surface area contributed by atoms with E-state index in [0.29, 0.717) is 43.0 Å². The van der Waals surface area contributed by atoms with Gasteiger partial charge in [-0.1, -0.05) is 26.7 Å². The van der Waals surface area contributed by atoms with Gasteiger partial charge in [0.1, 0.15) is 37.0 Å². The quantitative estimate of drug-likeness (QED) is 0.0875.